The summed E-state index contributed by atoms with van der Waals surface area (Å²) in [5, 5.41) is 9.81. The van der Waals surface area contributed by atoms with E-state index in [1.807, 2.05) is 0 Å². The zero-order valence-electron chi connectivity index (χ0n) is 16.6. The molecule has 1 saturated heterocycles. The standard InChI is InChI=1S/C19H22F3N3O4S/c1-3-24-16(27)13-10(2)14(17(28)23-7-4-11(26)5-8-23)30-18(13)25(19(24)29)9-6-12(20)15(21)22/h11,26H,3-9H2,1-2H3. The van der Waals surface area contributed by atoms with Crippen LogP contribution in [0.3, 0.4) is 0 Å². The molecule has 1 fully saturated rings. The molecule has 30 heavy (non-hydrogen) atoms. The minimum Gasteiger partial charge on any atom is -0.393 e. The summed E-state index contributed by atoms with van der Waals surface area (Å²) in [6.07, 6.45) is -2.72. The van der Waals surface area contributed by atoms with Gasteiger partial charge in [0.25, 0.3) is 11.5 Å². The van der Waals surface area contributed by atoms with Crippen molar-refractivity contribution in [3.05, 3.63) is 43.2 Å². The van der Waals surface area contributed by atoms with Gasteiger partial charge in [-0.05, 0) is 32.3 Å². The molecule has 7 nitrogen and oxygen atoms in total. The summed E-state index contributed by atoms with van der Waals surface area (Å²) in [5.74, 6) is -1.94. The monoisotopic (exact) mass is 445 g/mol. The summed E-state index contributed by atoms with van der Waals surface area (Å²) in [7, 11) is 0. The van der Waals surface area contributed by atoms with Crippen LogP contribution in [0.15, 0.2) is 21.5 Å². The van der Waals surface area contributed by atoms with Crippen LogP contribution in [-0.2, 0) is 13.1 Å². The Hall–Kier alpha value is -2.40. The molecule has 2 aromatic rings. The molecule has 0 spiro atoms. The number of piperidine rings is 1. The van der Waals surface area contributed by atoms with E-state index in [-0.39, 0.29) is 34.1 Å². The third-order valence-corrected chi connectivity index (χ3v) is 6.62. The van der Waals surface area contributed by atoms with Gasteiger partial charge in [0.2, 0.25) is 0 Å². The Morgan fingerprint density at radius 3 is 2.37 bits per heavy atom. The predicted octanol–water partition coefficient (Wildman–Crippen LogP) is 2.62. The number of carbonyl (C=O) groups excluding carboxylic acids is 1. The van der Waals surface area contributed by atoms with Crippen molar-refractivity contribution in [1.29, 1.82) is 0 Å². The highest BCUT2D eigenvalue weighted by Crippen LogP contribution is 2.30. The summed E-state index contributed by atoms with van der Waals surface area (Å²) in [5.41, 5.74) is -0.897. The summed E-state index contributed by atoms with van der Waals surface area (Å²) < 4.78 is 40.3. The number of carbonyl (C=O) groups is 1. The number of hydrogen-bond donors (Lipinski definition) is 1. The van der Waals surface area contributed by atoms with Crippen LogP contribution in [0.4, 0.5) is 13.2 Å². The molecule has 3 heterocycles. The van der Waals surface area contributed by atoms with E-state index in [0.29, 0.717) is 31.5 Å². The average Bonchev–Trinajstić information content (AvgIpc) is 3.05. The van der Waals surface area contributed by atoms with Gasteiger partial charge in [-0.1, -0.05) is 0 Å². The Balaban J connectivity index is 2.13. The lowest BCUT2D eigenvalue weighted by Crippen LogP contribution is -2.40. The number of aryl methyl sites for hydroxylation is 2. The van der Waals surface area contributed by atoms with Crippen LogP contribution in [0.25, 0.3) is 10.2 Å². The first-order valence-electron chi connectivity index (χ1n) is 9.61. The van der Waals surface area contributed by atoms with Gasteiger partial charge < -0.3 is 10.0 Å². The van der Waals surface area contributed by atoms with Gasteiger partial charge >= 0.3 is 11.8 Å². The smallest absolute Gasteiger partial charge is 0.332 e. The molecule has 0 aliphatic carbocycles. The number of hydrogen-bond acceptors (Lipinski definition) is 5. The Morgan fingerprint density at radius 1 is 1.17 bits per heavy atom. The molecule has 3 rings (SSSR count). The number of aromatic nitrogens is 2. The van der Waals surface area contributed by atoms with Crippen LogP contribution in [0.1, 0.15) is 41.4 Å². The number of aliphatic hydroxyl groups excluding tert-OH is 1. The zero-order chi connectivity index (χ0) is 22.2. The fourth-order valence-corrected chi connectivity index (χ4v) is 4.88. The number of likely N-dealkylation sites (tertiary alicyclic amines) is 1. The van der Waals surface area contributed by atoms with Gasteiger partial charge in [0.05, 0.1) is 16.4 Å². The Bertz CT molecular complexity index is 1120. The van der Waals surface area contributed by atoms with Gasteiger partial charge in [0.15, 0.2) is 5.83 Å². The van der Waals surface area contributed by atoms with Crippen LogP contribution < -0.4 is 11.2 Å². The van der Waals surface area contributed by atoms with E-state index >= 15 is 0 Å². The molecule has 2 aromatic heterocycles. The zero-order valence-corrected chi connectivity index (χ0v) is 17.4. The molecule has 0 aromatic carbocycles. The number of aliphatic hydroxyl groups is 1. The number of allylic oxidation sites excluding steroid dienone is 1. The first-order valence-corrected chi connectivity index (χ1v) is 10.4. The van der Waals surface area contributed by atoms with Crippen molar-refractivity contribution in [3.8, 4) is 0 Å². The van der Waals surface area contributed by atoms with Crippen molar-refractivity contribution in [3.63, 3.8) is 0 Å². The van der Waals surface area contributed by atoms with E-state index in [4.69, 9.17) is 0 Å². The Labute approximate surface area is 173 Å². The Kier molecular flexibility index (Phi) is 6.51. The van der Waals surface area contributed by atoms with E-state index in [0.717, 1.165) is 20.5 Å². The highest BCUT2D eigenvalue weighted by atomic mass is 32.1. The first kappa shape index (κ1) is 22.3. The number of amides is 1. The van der Waals surface area contributed by atoms with E-state index in [1.165, 1.54) is 0 Å². The van der Waals surface area contributed by atoms with Crippen molar-refractivity contribution in [1.82, 2.24) is 14.0 Å². The maximum atomic E-state index is 13.4. The van der Waals surface area contributed by atoms with Gasteiger partial charge in [-0.3, -0.25) is 18.7 Å². The fourth-order valence-electron chi connectivity index (χ4n) is 3.59. The maximum absolute atomic E-state index is 13.4. The molecule has 164 valence electrons. The highest BCUT2D eigenvalue weighted by molar-refractivity contribution is 7.20. The molecule has 11 heteroatoms. The number of rotatable bonds is 5. The average molecular weight is 445 g/mol. The molecule has 0 saturated carbocycles. The molecule has 1 N–H and O–H groups in total. The van der Waals surface area contributed by atoms with Crippen molar-refractivity contribution >= 4 is 27.5 Å². The van der Waals surface area contributed by atoms with Gasteiger partial charge in [-0.2, -0.15) is 8.78 Å². The summed E-state index contributed by atoms with van der Waals surface area (Å²) in [4.78, 5) is 40.6. The van der Waals surface area contributed by atoms with Crippen LogP contribution in [0, 0.1) is 6.92 Å². The van der Waals surface area contributed by atoms with Gasteiger partial charge in [-0.25, -0.2) is 9.18 Å². The Morgan fingerprint density at radius 2 is 1.80 bits per heavy atom. The molecule has 1 aliphatic heterocycles. The normalized spacial score (nSPS) is 15.1. The van der Waals surface area contributed by atoms with Crippen molar-refractivity contribution < 1.29 is 23.1 Å². The minimum atomic E-state index is -2.45. The fraction of sp³-hybridized carbons (Fsp3) is 0.526. The maximum Gasteiger partial charge on any atom is 0.332 e. The lowest BCUT2D eigenvalue weighted by molar-refractivity contribution is 0.0550. The lowest BCUT2D eigenvalue weighted by Gasteiger charge is -2.29. The number of nitrogens with zero attached hydrogens (tertiary/aromatic N) is 3. The third kappa shape index (κ3) is 3.95. The van der Waals surface area contributed by atoms with Gasteiger partial charge in [0, 0.05) is 32.6 Å². The quantitative estimate of drug-likeness (QED) is 0.767. The van der Waals surface area contributed by atoms with Crippen molar-refractivity contribution in [2.75, 3.05) is 13.1 Å². The molecule has 0 unspecified atom stereocenters. The van der Waals surface area contributed by atoms with Gasteiger partial charge in [-0.15, -0.1) is 11.3 Å². The summed E-state index contributed by atoms with van der Waals surface area (Å²) in [6, 6.07) is 0. The van der Waals surface area contributed by atoms with Crippen LogP contribution >= 0.6 is 11.3 Å². The van der Waals surface area contributed by atoms with E-state index < -0.39 is 35.7 Å². The third-order valence-electron chi connectivity index (χ3n) is 5.32. The topological polar surface area (TPSA) is 84.5 Å². The molecule has 0 atom stereocenters. The van der Waals surface area contributed by atoms with E-state index in [2.05, 4.69) is 0 Å². The second kappa shape index (κ2) is 8.76. The van der Waals surface area contributed by atoms with E-state index in [9.17, 15) is 32.7 Å². The lowest BCUT2D eigenvalue weighted by atomic mass is 10.1. The van der Waals surface area contributed by atoms with Crippen LogP contribution in [-0.4, -0.2) is 44.2 Å². The number of thiophene rings is 1. The molecular formula is C19H22F3N3O4S. The van der Waals surface area contributed by atoms with Crippen molar-refractivity contribution in [2.24, 2.45) is 0 Å². The largest absolute Gasteiger partial charge is 0.393 e. The molecular weight excluding hydrogens is 423 g/mol. The SMILES string of the molecule is CCn1c(=O)c2c(C)c(C(=O)N3CCC(O)CC3)sc2n(CCC(F)=C(F)F)c1=O. The highest BCUT2D eigenvalue weighted by Gasteiger charge is 2.28. The summed E-state index contributed by atoms with van der Waals surface area (Å²) in [6.45, 7) is 3.58. The van der Waals surface area contributed by atoms with Crippen LogP contribution in [0.2, 0.25) is 0 Å². The van der Waals surface area contributed by atoms with Gasteiger partial charge in [0.1, 0.15) is 4.83 Å². The second-order valence-electron chi connectivity index (χ2n) is 7.16. The van der Waals surface area contributed by atoms with Crippen molar-refractivity contribution in [2.45, 2.75) is 52.3 Å². The van der Waals surface area contributed by atoms with E-state index in [1.54, 1.807) is 18.7 Å². The molecule has 0 bridgehead atoms. The first-order chi connectivity index (χ1) is 14.2. The number of halogens is 3. The summed E-state index contributed by atoms with van der Waals surface area (Å²) >= 11 is 0.931. The second-order valence-corrected chi connectivity index (χ2v) is 8.16. The predicted molar refractivity (Wildman–Crippen MR) is 107 cm³/mol. The number of fused-ring (bicyclic) bond motifs is 1. The molecule has 1 aliphatic rings. The molecule has 0 radical (unpaired) electrons. The van der Waals surface area contributed by atoms with Crippen LogP contribution in [0.5, 0.6) is 0 Å². The molecule has 1 amide bonds. The minimum absolute atomic E-state index is 0.0476.